The second kappa shape index (κ2) is 11.4. The van der Waals surface area contributed by atoms with E-state index in [1.54, 1.807) is 24.3 Å². The molecule has 0 fully saturated rings. The fraction of sp³-hybridized carbons (Fsp3) is 0.130. The number of halogens is 2. The minimum absolute atomic E-state index is 0.0431. The Hall–Kier alpha value is -3.67. The summed E-state index contributed by atoms with van der Waals surface area (Å²) in [4.78, 5) is 23.1. The molecule has 188 valence electrons. The number of sulfonamides is 1. The Kier molecular flexibility index (Phi) is 8.51. The van der Waals surface area contributed by atoms with Gasteiger partial charge in [-0.25, -0.2) is 13.8 Å². The molecule has 13 heteroatoms. The molecule has 0 heterocycles. The molecule has 1 N–H and O–H groups in total. The number of rotatable bonds is 9. The zero-order chi connectivity index (χ0) is 26.5. The number of nitro benzene ring substituents is 1. The molecule has 1 amide bonds. The van der Waals surface area contributed by atoms with Crippen LogP contribution in [0.4, 0.5) is 11.4 Å². The summed E-state index contributed by atoms with van der Waals surface area (Å²) >= 11 is 12.2. The van der Waals surface area contributed by atoms with Crippen LogP contribution in [0.3, 0.4) is 0 Å². The van der Waals surface area contributed by atoms with Crippen LogP contribution in [0.15, 0.2) is 70.7 Å². The summed E-state index contributed by atoms with van der Waals surface area (Å²) in [5, 5.41) is 15.8. The number of carbonyl (C=O) groups is 1. The maximum Gasteiger partial charge on any atom is 0.273 e. The van der Waals surface area contributed by atoms with Crippen LogP contribution in [0, 0.1) is 17.0 Å². The van der Waals surface area contributed by atoms with Crippen molar-refractivity contribution in [3.63, 3.8) is 0 Å². The molecule has 0 radical (unpaired) electrons. The molecule has 0 aliphatic heterocycles. The summed E-state index contributed by atoms with van der Waals surface area (Å²) in [5.41, 5.74) is 2.64. The van der Waals surface area contributed by atoms with Crippen molar-refractivity contribution in [2.75, 3.05) is 18.0 Å². The molecule has 3 rings (SSSR count). The molecule has 0 bridgehead atoms. The van der Waals surface area contributed by atoms with Gasteiger partial charge in [0.1, 0.15) is 12.3 Å². The number of hydrogen-bond acceptors (Lipinski definition) is 7. The average molecular weight is 551 g/mol. The Morgan fingerprint density at radius 1 is 1.17 bits per heavy atom. The quantitative estimate of drug-likeness (QED) is 0.236. The molecule has 10 nitrogen and oxygen atoms in total. The number of nitrogens with one attached hydrogen (secondary N) is 1. The predicted molar refractivity (Wildman–Crippen MR) is 138 cm³/mol. The van der Waals surface area contributed by atoms with Gasteiger partial charge in [0.05, 0.1) is 28.8 Å². The van der Waals surface area contributed by atoms with Crippen LogP contribution < -0.4 is 14.5 Å². The number of aryl methyl sites for hydroxylation is 1. The van der Waals surface area contributed by atoms with Crippen LogP contribution in [0.1, 0.15) is 11.1 Å². The van der Waals surface area contributed by atoms with Crippen LogP contribution in [0.25, 0.3) is 0 Å². The van der Waals surface area contributed by atoms with E-state index in [2.05, 4.69) is 10.5 Å². The van der Waals surface area contributed by atoms with E-state index >= 15 is 0 Å². The monoisotopic (exact) mass is 550 g/mol. The Morgan fingerprint density at radius 2 is 1.89 bits per heavy atom. The highest BCUT2D eigenvalue weighted by molar-refractivity contribution is 7.92. The number of anilines is 1. The molecule has 0 aromatic heterocycles. The lowest BCUT2D eigenvalue weighted by molar-refractivity contribution is -0.385. The van der Waals surface area contributed by atoms with Crippen molar-refractivity contribution in [1.29, 1.82) is 0 Å². The predicted octanol–water partition coefficient (Wildman–Crippen LogP) is 4.56. The number of amides is 1. The van der Waals surface area contributed by atoms with Gasteiger partial charge in [-0.05, 0) is 37.3 Å². The third-order valence-corrected chi connectivity index (χ3v) is 7.30. The van der Waals surface area contributed by atoms with E-state index in [1.165, 1.54) is 50.6 Å². The van der Waals surface area contributed by atoms with Gasteiger partial charge in [0, 0.05) is 27.2 Å². The smallest absolute Gasteiger partial charge is 0.273 e. The van der Waals surface area contributed by atoms with Crippen LogP contribution in [-0.2, 0) is 14.8 Å². The van der Waals surface area contributed by atoms with Gasteiger partial charge in [-0.1, -0.05) is 47.5 Å². The second-order valence-electron chi connectivity index (χ2n) is 7.35. The van der Waals surface area contributed by atoms with Gasteiger partial charge in [0.25, 0.3) is 21.6 Å². The number of carbonyl (C=O) groups excluding carboxylic acids is 1. The largest absolute Gasteiger partial charge is 0.495 e. The highest BCUT2D eigenvalue weighted by Crippen LogP contribution is 2.35. The minimum Gasteiger partial charge on any atom is -0.495 e. The number of benzene rings is 3. The van der Waals surface area contributed by atoms with E-state index in [0.29, 0.717) is 10.6 Å². The molecule has 0 spiro atoms. The number of methoxy groups -OCH3 is 1. The molecule has 0 unspecified atom stereocenters. The third-order valence-electron chi connectivity index (χ3n) is 4.96. The van der Waals surface area contributed by atoms with Gasteiger partial charge < -0.3 is 4.74 Å². The average Bonchev–Trinajstić information content (AvgIpc) is 2.83. The molecule has 0 aliphatic carbocycles. The lowest BCUT2D eigenvalue weighted by Gasteiger charge is -2.25. The highest BCUT2D eigenvalue weighted by Gasteiger charge is 2.31. The van der Waals surface area contributed by atoms with E-state index in [9.17, 15) is 23.3 Å². The van der Waals surface area contributed by atoms with E-state index in [4.69, 9.17) is 27.9 Å². The fourth-order valence-electron chi connectivity index (χ4n) is 3.15. The molecule has 0 aliphatic rings. The van der Waals surface area contributed by atoms with Gasteiger partial charge in [-0.3, -0.25) is 19.2 Å². The third kappa shape index (κ3) is 6.11. The Morgan fingerprint density at radius 3 is 2.56 bits per heavy atom. The molecule has 3 aromatic carbocycles. The van der Waals surface area contributed by atoms with E-state index in [-0.39, 0.29) is 27.7 Å². The van der Waals surface area contributed by atoms with Crippen molar-refractivity contribution in [2.45, 2.75) is 11.8 Å². The van der Waals surface area contributed by atoms with Crippen molar-refractivity contribution < 1.29 is 22.9 Å². The number of nitro groups is 1. The fourth-order valence-corrected chi connectivity index (χ4v) is 4.95. The topological polar surface area (TPSA) is 131 Å². The first-order valence-corrected chi connectivity index (χ1v) is 12.4. The summed E-state index contributed by atoms with van der Waals surface area (Å²) in [6.07, 6.45) is 1.31. The zero-order valence-electron chi connectivity index (χ0n) is 19.0. The molecule has 0 atom stereocenters. The number of ether oxygens (including phenoxy) is 1. The van der Waals surface area contributed by atoms with Gasteiger partial charge in [0.2, 0.25) is 0 Å². The summed E-state index contributed by atoms with van der Waals surface area (Å²) in [7, 11) is -3.18. The second-order valence-corrected chi connectivity index (χ2v) is 10.1. The van der Waals surface area contributed by atoms with Crippen LogP contribution in [-0.4, -0.2) is 39.1 Å². The molecular formula is C23H20Cl2N4O6S. The SMILES string of the molecule is COc1ccc(Cl)cc1N(CC(=O)N/N=C\c1ccccc1Cl)S(=O)(=O)c1ccc(C)c([N+](=O)[O-])c1. The summed E-state index contributed by atoms with van der Waals surface area (Å²) in [6.45, 7) is 0.747. The zero-order valence-corrected chi connectivity index (χ0v) is 21.3. The van der Waals surface area contributed by atoms with Crippen LogP contribution in [0.2, 0.25) is 10.0 Å². The standard InChI is InChI=1S/C23H20Cl2N4O6S/c1-15-7-9-18(12-20(15)29(31)32)36(33,34)28(21-11-17(24)8-10-22(21)35-2)14-23(30)27-26-13-16-5-3-4-6-19(16)25/h3-13H,14H2,1-2H3,(H,27,30)/b26-13-. The van der Waals surface area contributed by atoms with Crippen LogP contribution >= 0.6 is 23.2 Å². The van der Waals surface area contributed by atoms with Crippen LogP contribution in [0.5, 0.6) is 5.75 Å². The van der Waals surface area contributed by atoms with Crippen molar-refractivity contribution in [1.82, 2.24) is 5.43 Å². The highest BCUT2D eigenvalue weighted by atomic mass is 35.5. The van der Waals surface area contributed by atoms with E-state index in [1.807, 2.05) is 0 Å². The van der Waals surface area contributed by atoms with Gasteiger partial charge in [0.15, 0.2) is 0 Å². The first-order valence-electron chi connectivity index (χ1n) is 10.2. The lowest BCUT2D eigenvalue weighted by atomic mass is 10.2. The normalized spacial score (nSPS) is 11.3. The molecule has 0 saturated carbocycles. The lowest BCUT2D eigenvalue weighted by Crippen LogP contribution is -2.39. The van der Waals surface area contributed by atoms with Gasteiger partial charge >= 0.3 is 0 Å². The van der Waals surface area contributed by atoms with Crippen molar-refractivity contribution >= 4 is 56.7 Å². The number of nitrogens with zero attached hydrogens (tertiary/aromatic N) is 3. The number of hydrogen-bond donors (Lipinski definition) is 1. The molecular weight excluding hydrogens is 531 g/mol. The first-order chi connectivity index (χ1) is 17.0. The van der Waals surface area contributed by atoms with Gasteiger partial charge in [-0.15, -0.1) is 0 Å². The maximum atomic E-state index is 13.6. The minimum atomic E-state index is -4.50. The Bertz CT molecular complexity index is 1450. The first kappa shape index (κ1) is 26.9. The van der Waals surface area contributed by atoms with E-state index < -0.39 is 32.3 Å². The molecule has 36 heavy (non-hydrogen) atoms. The summed E-state index contributed by atoms with van der Waals surface area (Å²) < 4.78 is 33.3. The summed E-state index contributed by atoms with van der Waals surface area (Å²) in [5.74, 6) is -0.692. The van der Waals surface area contributed by atoms with Gasteiger partial charge in [-0.2, -0.15) is 5.10 Å². The Balaban J connectivity index is 2.01. The van der Waals surface area contributed by atoms with Crippen molar-refractivity contribution in [3.8, 4) is 5.75 Å². The molecule has 0 saturated heterocycles. The van der Waals surface area contributed by atoms with Crippen molar-refractivity contribution in [2.24, 2.45) is 5.10 Å². The molecule has 3 aromatic rings. The maximum absolute atomic E-state index is 13.6. The van der Waals surface area contributed by atoms with E-state index in [0.717, 1.165) is 10.4 Å². The van der Waals surface area contributed by atoms with Crippen molar-refractivity contribution in [3.05, 3.63) is 92.0 Å². The summed E-state index contributed by atoms with van der Waals surface area (Å²) in [6, 6.07) is 14.5. The number of hydrazone groups is 1. The Labute approximate surface area is 217 Å².